The Morgan fingerprint density at radius 2 is 1.54 bits per heavy atom. The lowest BCUT2D eigenvalue weighted by Crippen LogP contribution is -2.27. The topological polar surface area (TPSA) is 104 Å². The maximum atomic E-state index is 12.9. The van der Waals surface area contributed by atoms with Gasteiger partial charge in [-0.05, 0) is 12.1 Å². The quantitative estimate of drug-likeness (QED) is 0.399. The van der Waals surface area contributed by atoms with Gasteiger partial charge in [-0.2, -0.15) is 0 Å². The fourth-order valence-corrected chi connectivity index (χ4v) is 2.88. The number of fused-ring (bicyclic) bond motifs is 2. The van der Waals surface area contributed by atoms with Crippen molar-refractivity contribution in [3.63, 3.8) is 0 Å². The molecule has 0 fully saturated rings. The summed E-state index contributed by atoms with van der Waals surface area (Å²) in [6.45, 7) is 1.76. The number of benzene rings is 2. The van der Waals surface area contributed by atoms with Gasteiger partial charge in [0.1, 0.15) is 0 Å². The number of aliphatic hydroxyl groups excluding tert-OH is 1. The molecule has 0 saturated carbocycles. The van der Waals surface area contributed by atoms with Gasteiger partial charge in [-0.15, -0.1) is 0 Å². The standard InChI is InChI=1S/C18H19N3O3/c19-13-5-6-14(21-8-7-20-9-10-22)16-15(13)17(23)11-3-1-2-4-12(11)18(16)24/h1-6,20-22H,7-10,19H2. The van der Waals surface area contributed by atoms with E-state index in [4.69, 9.17) is 10.8 Å². The normalized spacial score (nSPS) is 12.7. The zero-order valence-electron chi connectivity index (χ0n) is 13.1. The second-order valence-electron chi connectivity index (χ2n) is 5.56. The summed E-state index contributed by atoms with van der Waals surface area (Å²) in [5.74, 6) is -0.418. The summed E-state index contributed by atoms with van der Waals surface area (Å²) in [5.41, 5.74) is 8.28. The van der Waals surface area contributed by atoms with Crippen LogP contribution >= 0.6 is 0 Å². The summed E-state index contributed by atoms with van der Waals surface area (Å²) < 4.78 is 0. The van der Waals surface area contributed by atoms with Gasteiger partial charge >= 0.3 is 0 Å². The highest BCUT2D eigenvalue weighted by molar-refractivity contribution is 6.31. The second-order valence-corrected chi connectivity index (χ2v) is 5.56. The van der Waals surface area contributed by atoms with Crippen molar-refractivity contribution in [1.29, 1.82) is 0 Å². The number of nitrogen functional groups attached to an aromatic ring is 1. The van der Waals surface area contributed by atoms with Crippen molar-refractivity contribution in [1.82, 2.24) is 5.32 Å². The van der Waals surface area contributed by atoms with Crippen molar-refractivity contribution < 1.29 is 14.7 Å². The van der Waals surface area contributed by atoms with E-state index in [9.17, 15) is 9.59 Å². The molecule has 0 spiro atoms. The number of carbonyl (C=O) groups is 2. The molecule has 5 N–H and O–H groups in total. The van der Waals surface area contributed by atoms with Crippen LogP contribution in [0.3, 0.4) is 0 Å². The molecule has 0 saturated heterocycles. The number of hydrogen-bond acceptors (Lipinski definition) is 6. The van der Waals surface area contributed by atoms with Gasteiger partial charge in [-0.3, -0.25) is 9.59 Å². The van der Waals surface area contributed by atoms with Crippen LogP contribution in [0.4, 0.5) is 11.4 Å². The zero-order valence-corrected chi connectivity index (χ0v) is 13.1. The van der Waals surface area contributed by atoms with Crippen LogP contribution in [0.5, 0.6) is 0 Å². The molecule has 0 radical (unpaired) electrons. The van der Waals surface area contributed by atoms with E-state index in [1.807, 2.05) is 0 Å². The third-order valence-corrected chi connectivity index (χ3v) is 4.01. The average Bonchev–Trinajstić information content (AvgIpc) is 2.60. The minimum atomic E-state index is -0.222. The van der Waals surface area contributed by atoms with Crippen LogP contribution < -0.4 is 16.4 Å². The molecule has 0 heterocycles. The highest BCUT2D eigenvalue weighted by Gasteiger charge is 2.33. The lowest BCUT2D eigenvalue weighted by atomic mass is 9.82. The summed E-state index contributed by atoms with van der Waals surface area (Å²) in [5, 5.41) is 15.0. The van der Waals surface area contributed by atoms with Gasteiger partial charge in [0.25, 0.3) is 0 Å². The summed E-state index contributed by atoms with van der Waals surface area (Å²) >= 11 is 0. The van der Waals surface area contributed by atoms with Crippen molar-refractivity contribution in [3.05, 3.63) is 58.7 Å². The molecule has 0 amide bonds. The van der Waals surface area contributed by atoms with Crippen molar-refractivity contribution in [2.45, 2.75) is 0 Å². The van der Waals surface area contributed by atoms with Gasteiger partial charge in [-0.25, -0.2) is 0 Å². The van der Waals surface area contributed by atoms with Crippen LogP contribution in [0.2, 0.25) is 0 Å². The lowest BCUT2D eigenvalue weighted by molar-refractivity contribution is 0.0980. The summed E-state index contributed by atoms with van der Waals surface area (Å²) in [4.78, 5) is 25.6. The molecule has 6 nitrogen and oxygen atoms in total. The molecule has 1 aliphatic carbocycles. The molecule has 2 aromatic carbocycles. The molecule has 124 valence electrons. The number of aliphatic hydroxyl groups is 1. The van der Waals surface area contributed by atoms with Gasteiger partial charge in [0.2, 0.25) is 0 Å². The first kappa shape index (κ1) is 16.2. The fraction of sp³-hybridized carbons (Fsp3) is 0.222. The van der Waals surface area contributed by atoms with E-state index in [1.165, 1.54) is 0 Å². The molecule has 2 aromatic rings. The Kier molecular flexibility index (Phi) is 4.59. The Balaban J connectivity index is 1.95. The molecule has 0 aliphatic heterocycles. The molecule has 0 aromatic heterocycles. The van der Waals surface area contributed by atoms with Crippen LogP contribution in [0.25, 0.3) is 0 Å². The minimum Gasteiger partial charge on any atom is -0.398 e. The second kappa shape index (κ2) is 6.82. The van der Waals surface area contributed by atoms with Gasteiger partial charge in [-0.1, -0.05) is 24.3 Å². The summed E-state index contributed by atoms with van der Waals surface area (Å²) in [7, 11) is 0. The summed E-state index contributed by atoms with van der Waals surface area (Å²) in [6.07, 6.45) is 0. The lowest BCUT2D eigenvalue weighted by Gasteiger charge is -2.22. The molecule has 3 rings (SSSR count). The monoisotopic (exact) mass is 325 g/mol. The number of ketones is 2. The Hall–Kier alpha value is -2.70. The smallest absolute Gasteiger partial charge is 0.196 e. The Bertz CT molecular complexity index is 802. The number of anilines is 2. The molecule has 24 heavy (non-hydrogen) atoms. The number of rotatable bonds is 6. The van der Waals surface area contributed by atoms with Crippen molar-refractivity contribution in [3.8, 4) is 0 Å². The molecule has 0 atom stereocenters. The largest absolute Gasteiger partial charge is 0.398 e. The Morgan fingerprint density at radius 1 is 0.875 bits per heavy atom. The van der Waals surface area contributed by atoms with Crippen molar-refractivity contribution in [2.24, 2.45) is 0 Å². The minimum absolute atomic E-state index is 0.0705. The Labute approximate surface area is 139 Å². The predicted octanol–water partition coefficient (Wildman–Crippen LogP) is 1.04. The molecular weight excluding hydrogens is 306 g/mol. The van der Waals surface area contributed by atoms with Crippen LogP contribution in [0.15, 0.2) is 36.4 Å². The average molecular weight is 325 g/mol. The number of hydrogen-bond donors (Lipinski definition) is 4. The zero-order chi connectivity index (χ0) is 17.1. The molecular formula is C18H19N3O3. The van der Waals surface area contributed by atoms with E-state index in [-0.39, 0.29) is 23.7 Å². The number of carbonyl (C=O) groups excluding carboxylic acids is 2. The maximum Gasteiger partial charge on any atom is 0.196 e. The molecule has 0 unspecified atom stereocenters. The first-order chi connectivity index (χ1) is 11.6. The van der Waals surface area contributed by atoms with Crippen LogP contribution in [-0.2, 0) is 0 Å². The summed E-state index contributed by atoms with van der Waals surface area (Å²) in [6, 6.07) is 10.2. The van der Waals surface area contributed by atoms with Crippen LogP contribution in [-0.4, -0.2) is 42.9 Å². The Morgan fingerprint density at radius 3 is 2.21 bits per heavy atom. The first-order valence-electron chi connectivity index (χ1n) is 7.81. The predicted molar refractivity (Wildman–Crippen MR) is 92.6 cm³/mol. The van der Waals surface area contributed by atoms with E-state index in [1.54, 1.807) is 36.4 Å². The van der Waals surface area contributed by atoms with E-state index < -0.39 is 0 Å². The van der Waals surface area contributed by atoms with Crippen molar-refractivity contribution >= 4 is 22.9 Å². The molecule has 0 bridgehead atoms. The maximum absolute atomic E-state index is 12.9. The van der Waals surface area contributed by atoms with Gasteiger partial charge < -0.3 is 21.5 Å². The van der Waals surface area contributed by atoms with Crippen LogP contribution in [0.1, 0.15) is 31.8 Å². The molecule has 1 aliphatic rings. The van der Waals surface area contributed by atoms with Crippen molar-refractivity contribution in [2.75, 3.05) is 37.3 Å². The van der Waals surface area contributed by atoms with Gasteiger partial charge in [0.05, 0.1) is 17.7 Å². The number of nitrogens with two attached hydrogens (primary N) is 1. The third kappa shape index (κ3) is 2.77. The first-order valence-corrected chi connectivity index (χ1v) is 7.81. The SMILES string of the molecule is Nc1ccc(NCCNCCO)c2c1C(=O)c1ccccc1C2=O. The molecule has 6 heteroatoms. The third-order valence-electron chi connectivity index (χ3n) is 4.01. The number of nitrogens with one attached hydrogen (secondary N) is 2. The highest BCUT2D eigenvalue weighted by atomic mass is 16.3. The van der Waals surface area contributed by atoms with Gasteiger partial charge in [0, 0.05) is 42.1 Å². The van der Waals surface area contributed by atoms with E-state index in [0.29, 0.717) is 47.7 Å². The fourth-order valence-electron chi connectivity index (χ4n) is 2.88. The van der Waals surface area contributed by atoms with Crippen LogP contribution in [0, 0.1) is 0 Å². The van der Waals surface area contributed by atoms with Gasteiger partial charge in [0.15, 0.2) is 11.6 Å². The van der Waals surface area contributed by atoms with E-state index >= 15 is 0 Å². The highest BCUT2D eigenvalue weighted by Crippen LogP contribution is 2.35. The van der Waals surface area contributed by atoms with E-state index in [2.05, 4.69) is 10.6 Å². The van der Waals surface area contributed by atoms with E-state index in [0.717, 1.165) is 0 Å².